The number of anilines is 1. The summed E-state index contributed by atoms with van der Waals surface area (Å²) in [5.74, 6) is -0.0801. The molecule has 0 aliphatic heterocycles. The van der Waals surface area contributed by atoms with Gasteiger partial charge in [-0.3, -0.25) is 9.78 Å². The Labute approximate surface area is 148 Å². The Morgan fingerprint density at radius 1 is 1.08 bits per heavy atom. The first-order chi connectivity index (χ1) is 11.5. The summed E-state index contributed by atoms with van der Waals surface area (Å²) in [6.07, 6.45) is 3.43. The molecule has 5 nitrogen and oxygen atoms in total. The van der Waals surface area contributed by atoms with Crippen molar-refractivity contribution in [3.05, 3.63) is 70.4 Å². The summed E-state index contributed by atoms with van der Waals surface area (Å²) in [7, 11) is 0. The average molecular weight is 359 g/mol. The molecule has 3 heterocycles. The third kappa shape index (κ3) is 3.69. The molecule has 0 saturated carbocycles. The molecule has 0 saturated heterocycles. The summed E-state index contributed by atoms with van der Waals surface area (Å²) in [6, 6.07) is 10.2. The van der Waals surface area contributed by atoms with Crippen molar-refractivity contribution in [1.29, 1.82) is 0 Å². The van der Waals surface area contributed by atoms with E-state index in [1.54, 1.807) is 42.7 Å². The van der Waals surface area contributed by atoms with E-state index in [4.69, 9.17) is 23.2 Å². The lowest BCUT2D eigenvalue weighted by molar-refractivity contribution is 0.102. The van der Waals surface area contributed by atoms with Gasteiger partial charge in [-0.2, -0.15) is 0 Å². The van der Waals surface area contributed by atoms with Crippen LogP contribution >= 0.6 is 23.2 Å². The van der Waals surface area contributed by atoms with Gasteiger partial charge in [0, 0.05) is 18.0 Å². The Bertz CT molecular complexity index is 915. The number of nitrogens with zero attached hydrogens (tertiary/aromatic N) is 3. The standard InChI is InChI=1S/C17H12Cl2N4O/c1-10-5-6-20-9-12(10)11-7-13(21-15(19)8-11)17(24)23-16-4-2-3-14(18)22-16/h2-9H,1H3,(H,22,23,24). The Kier molecular flexibility index (Phi) is 4.74. The predicted octanol–water partition coefficient (Wildman–Crippen LogP) is 4.41. The van der Waals surface area contributed by atoms with Crippen molar-refractivity contribution in [2.24, 2.45) is 0 Å². The fourth-order valence-electron chi connectivity index (χ4n) is 2.19. The molecule has 0 atom stereocenters. The number of aromatic nitrogens is 3. The Balaban J connectivity index is 1.94. The Morgan fingerprint density at radius 3 is 2.67 bits per heavy atom. The topological polar surface area (TPSA) is 67.8 Å². The van der Waals surface area contributed by atoms with Gasteiger partial charge in [0.25, 0.3) is 5.91 Å². The number of halogens is 2. The summed E-state index contributed by atoms with van der Waals surface area (Å²) in [6.45, 7) is 1.96. The molecule has 120 valence electrons. The molecule has 0 radical (unpaired) electrons. The molecule has 1 N–H and O–H groups in total. The maximum Gasteiger partial charge on any atom is 0.275 e. The maximum absolute atomic E-state index is 12.4. The van der Waals surface area contributed by atoms with Crippen LogP contribution in [0.1, 0.15) is 16.1 Å². The van der Waals surface area contributed by atoms with Crippen molar-refractivity contribution in [2.45, 2.75) is 6.92 Å². The number of nitrogens with one attached hydrogen (secondary N) is 1. The molecule has 1 amide bonds. The SMILES string of the molecule is Cc1ccncc1-c1cc(Cl)nc(C(=O)Nc2cccc(Cl)n2)c1. The molecular formula is C17H12Cl2N4O. The average Bonchev–Trinajstić information content (AvgIpc) is 2.54. The molecule has 0 unspecified atom stereocenters. The van der Waals surface area contributed by atoms with Gasteiger partial charge < -0.3 is 5.32 Å². The minimum atomic E-state index is -0.421. The number of carbonyl (C=O) groups excluding carboxylic acids is 1. The van der Waals surface area contributed by atoms with E-state index < -0.39 is 5.91 Å². The normalized spacial score (nSPS) is 10.5. The smallest absolute Gasteiger partial charge is 0.275 e. The van der Waals surface area contributed by atoms with Crippen molar-refractivity contribution in [2.75, 3.05) is 5.32 Å². The van der Waals surface area contributed by atoms with Crippen LogP contribution in [-0.4, -0.2) is 20.9 Å². The van der Waals surface area contributed by atoms with E-state index in [-0.39, 0.29) is 10.8 Å². The Hall–Kier alpha value is -2.50. The highest BCUT2D eigenvalue weighted by molar-refractivity contribution is 6.30. The number of pyridine rings is 3. The summed E-state index contributed by atoms with van der Waals surface area (Å²) >= 11 is 11.9. The third-order valence-corrected chi connectivity index (χ3v) is 3.74. The van der Waals surface area contributed by atoms with Gasteiger partial charge in [-0.25, -0.2) is 9.97 Å². The first kappa shape index (κ1) is 16.4. The molecule has 0 aromatic carbocycles. The van der Waals surface area contributed by atoms with E-state index in [0.29, 0.717) is 11.0 Å². The van der Waals surface area contributed by atoms with E-state index in [1.807, 2.05) is 13.0 Å². The second kappa shape index (κ2) is 6.95. The molecule has 24 heavy (non-hydrogen) atoms. The summed E-state index contributed by atoms with van der Waals surface area (Å²) in [5.41, 5.74) is 2.86. The zero-order valence-electron chi connectivity index (χ0n) is 12.6. The number of carbonyl (C=O) groups is 1. The van der Waals surface area contributed by atoms with Gasteiger partial charge in [-0.05, 0) is 48.4 Å². The maximum atomic E-state index is 12.4. The first-order valence-corrected chi connectivity index (χ1v) is 7.81. The highest BCUT2D eigenvalue weighted by Crippen LogP contribution is 2.25. The minimum Gasteiger partial charge on any atom is -0.305 e. The zero-order chi connectivity index (χ0) is 17.1. The van der Waals surface area contributed by atoms with E-state index in [9.17, 15) is 4.79 Å². The highest BCUT2D eigenvalue weighted by Gasteiger charge is 2.13. The number of hydrogen-bond donors (Lipinski definition) is 1. The summed E-state index contributed by atoms with van der Waals surface area (Å²) in [5, 5.41) is 3.16. The van der Waals surface area contributed by atoms with Crippen LogP contribution in [-0.2, 0) is 0 Å². The van der Waals surface area contributed by atoms with Crippen LogP contribution in [0.5, 0.6) is 0 Å². The molecule has 0 aliphatic rings. The lowest BCUT2D eigenvalue weighted by Crippen LogP contribution is -2.15. The van der Waals surface area contributed by atoms with Crippen LogP contribution in [0.3, 0.4) is 0 Å². The number of amides is 1. The lowest BCUT2D eigenvalue weighted by atomic mass is 10.0. The molecular weight excluding hydrogens is 347 g/mol. The largest absolute Gasteiger partial charge is 0.305 e. The lowest BCUT2D eigenvalue weighted by Gasteiger charge is -2.09. The van der Waals surface area contributed by atoms with E-state index in [0.717, 1.165) is 16.7 Å². The van der Waals surface area contributed by atoms with E-state index in [1.165, 1.54) is 0 Å². The molecule has 3 aromatic rings. The fraction of sp³-hybridized carbons (Fsp3) is 0.0588. The fourth-order valence-corrected chi connectivity index (χ4v) is 2.57. The molecule has 0 spiro atoms. The number of hydrogen-bond acceptors (Lipinski definition) is 4. The van der Waals surface area contributed by atoms with Crippen molar-refractivity contribution < 1.29 is 4.79 Å². The van der Waals surface area contributed by atoms with Gasteiger partial charge >= 0.3 is 0 Å². The van der Waals surface area contributed by atoms with Crippen LogP contribution in [0, 0.1) is 6.92 Å². The van der Waals surface area contributed by atoms with Crippen LogP contribution < -0.4 is 5.32 Å². The van der Waals surface area contributed by atoms with Gasteiger partial charge in [0.1, 0.15) is 21.8 Å². The van der Waals surface area contributed by atoms with E-state index in [2.05, 4.69) is 20.3 Å². The molecule has 0 bridgehead atoms. The second-order valence-electron chi connectivity index (χ2n) is 5.05. The van der Waals surface area contributed by atoms with Gasteiger partial charge in [0.2, 0.25) is 0 Å². The van der Waals surface area contributed by atoms with Crippen molar-refractivity contribution in [1.82, 2.24) is 15.0 Å². The number of rotatable bonds is 3. The monoisotopic (exact) mass is 358 g/mol. The zero-order valence-corrected chi connectivity index (χ0v) is 14.1. The van der Waals surface area contributed by atoms with Gasteiger partial charge in [0.05, 0.1) is 0 Å². The highest BCUT2D eigenvalue weighted by atomic mass is 35.5. The van der Waals surface area contributed by atoms with Crippen LogP contribution in [0.15, 0.2) is 48.8 Å². The van der Waals surface area contributed by atoms with Gasteiger partial charge in [-0.1, -0.05) is 29.3 Å². The first-order valence-electron chi connectivity index (χ1n) is 7.05. The minimum absolute atomic E-state index is 0.183. The van der Waals surface area contributed by atoms with Crippen molar-refractivity contribution in [3.63, 3.8) is 0 Å². The van der Waals surface area contributed by atoms with Gasteiger partial charge in [0.15, 0.2) is 0 Å². The molecule has 0 fully saturated rings. The molecule has 0 aliphatic carbocycles. The van der Waals surface area contributed by atoms with Crippen LogP contribution in [0.4, 0.5) is 5.82 Å². The van der Waals surface area contributed by atoms with Crippen LogP contribution in [0.25, 0.3) is 11.1 Å². The van der Waals surface area contributed by atoms with Crippen LogP contribution in [0.2, 0.25) is 10.3 Å². The second-order valence-corrected chi connectivity index (χ2v) is 5.83. The van der Waals surface area contributed by atoms with Gasteiger partial charge in [-0.15, -0.1) is 0 Å². The summed E-state index contributed by atoms with van der Waals surface area (Å²) < 4.78 is 0. The molecule has 7 heteroatoms. The molecule has 3 aromatic heterocycles. The number of aryl methyl sites for hydroxylation is 1. The van der Waals surface area contributed by atoms with E-state index >= 15 is 0 Å². The Morgan fingerprint density at radius 2 is 1.92 bits per heavy atom. The quantitative estimate of drug-likeness (QED) is 0.704. The molecule has 3 rings (SSSR count). The van der Waals surface area contributed by atoms with Crippen molar-refractivity contribution in [3.8, 4) is 11.1 Å². The van der Waals surface area contributed by atoms with Crippen molar-refractivity contribution >= 4 is 34.9 Å². The predicted molar refractivity (Wildman–Crippen MR) is 94.4 cm³/mol. The summed E-state index contributed by atoms with van der Waals surface area (Å²) in [4.78, 5) is 24.6. The third-order valence-electron chi connectivity index (χ3n) is 3.33.